The second-order valence-electron chi connectivity index (χ2n) is 6.39. The maximum atomic E-state index is 12.8. The maximum absolute atomic E-state index is 12.8. The fraction of sp³-hybridized carbons (Fsp3) is 1.00. The van der Waals surface area contributed by atoms with Gasteiger partial charge in [0.05, 0.1) is 12.0 Å². The van der Waals surface area contributed by atoms with Crippen LogP contribution < -0.4 is 0 Å². The second kappa shape index (κ2) is 6.00. The fourth-order valence-electron chi connectivity index (χ4n) is 3.50. The molecule has 2 rings (SSSR count). The van der Waals surface area contributed by atoms with Gasteiger partial charge in [-0.3, -0.25) is 0 Å². The number of rotatable bonds is 2. The van der Waals surface area contributed by atoms with Gasteiger partial charge in [-0.2, -0.15) is 13.2 Å². The standard InChI is InChI=1S/C14H24F3NO/c1-10-4-5-13(19)11(7-10)8-18-6-2-3-12(9-18)14(15,16)17/h10-13,19H,2-9H2,1H3. The summed E-state index contributed by atoms with van der Waals surface area (Å²) in [5.41, 5.74) is 0. The highest BCUT2D eigenvalue weighted by Crippen LogP contribution is 2.35. The number of nitrogens with zero attached hydrogens (tertiary/aromatic N) is 1. The van der Waals surface area contributed by atoms with Crippen LogP contribution in [-0.2, 0) is 0 Å². The zero-order valence-electron chi connectivity index (χ0n) is 11.5. The quantitative estimate of drug-likeness (QED) is 0.840. The molecule has 4 atom stereocenters. The van der Waals surface area contributed by atoms with E-state index in [9.17, 15) is 18.3 Å². The van der Waals surface area contributed by atoms with E-state index in [1.54, 1.807) is 0 Å². The zero-order chi connectivity index (χ0) is 14.0. The van der Waals surface area contributed by atoms with E-state index in [4.69, 9.17) is 0 Å². The summed E-state index contributed by atoms with van der Waals surface area (Å²) < 4.78 is 38.3. The lowest BCUT2D eigenvalue weighted by Gasteiger charge is -2.39. The molecular formula is C14H24F3NO. The predicted octanol–water partition coefficient (Wildman–Crippen LogP) is 3.06. The molecule has 0 aromatic heterocycles. The Hall–Kier alpha value is -0.290. The monoisotopic (exact) mass is 279 g/mol. The highest BCUT2D eigenvalue weighted by Gasteiger charge is 2.42. The highest BCUT2D eigenvalue weighted by atomic mass is 19.4. The highest BCUT2D eigenvalue weighted by molar-refractivity contribution is 4.84. The topological polar surface area (TPSA) is 23.5 Å². The van der Waals surface area contributed by atoms with Crippen LogP contribution in [0.3, 0.4) is 0 Å². The van der Waals surface area contributed by atoms with Crippen molar-refractivity contribution in [3.05, 3.63) is 0 Å². The first-order chi connectivity index (χ1) is 8.86. The second-order valence-corrected chi connectivity index (χ2v) is 6.39. The van der Waals surface area contributed by atoms with Gasteiger partial charge in [0.15, 0.2) is 0 Å². The molecule has 0 aromatic rings. The van der Waals surface area contributed by atoms with Crippen molar-refractivity contribution in [2.75, 3.05) is 19.6 Å². The van der Waals surface area contributed by atoms with Gasteiger partial charge in [-0.25, -0.2) is 0 Å². The van der Waals surface area contributed by atoms with E-state index in [2.05, 4.69) is 6.92 Å². The number of likely N-dealkylation sites (tertiary alicyclic amines) is 1. The van der Waals surface area contributed by atoms with Gasteiger partial charge in [-0.05, 0) is 50.5 Å². The van der Waals surface area contributed by atoms with Gasteiger partial charge in [0, 0.05) is 13.1 Å². The summed E-state index contributed by atoms with van der Waals surface area (Å²) in [5, 5.41) is 9.99. The molecule has 19 heavy (non-hydrogen) atoms. The molecule has 1 N–H and O–H groups in total. The van der Waals surface area contributed by atoms with Crippen molar-refractivity contribution in [3.63, 3.8) is 0 Å². The van der Waals surface area contributed by atoms with E-state index < -0.39 is 12.1 Å². The lowest BCUT2D eigenvalue weighted by molar-refractivity contribution is -0.187. The molecule has 0 bridgehead atoms. The minimum Gasteiger partial charge on any atom is -0.393 e. The molecule has 0 radical (unpaired) electrons. The molecule has 1 aliphatic carbocycles. The molecule has 2 nitrogen and oxygen atoms in total. The number of hydrogen-bond donors (Lipinski definition) is 1. The summed E-state index contributed by atoms with van der Waals surface area (Å²) in [6.07, 6.45) is -0.773. The van der Waals surface area contributed by atoms with Crippen LogP contribution in [0, 0.1) is 17.8 Å². The molecular weight excluding hydrogens is 255 g/mol. The molecule has 5 heteroatoms. The lowest BCUT2D eigenvalue weighted by atomic mass is 9.79. The molecule has 112 valence electrons. The largest absolute Gasteiger partial charge is 0.393 e. The van der Waals surface area contributed by atoms with Crippen LogP contribution in [0.2, 0.25) is 0 Å². The summed E-state index contributed by atoms with van der Waals surface area (Å²) in [7, 11) is 0. The molecule has 4 unspecified atom stereocenters. The van der Waals surface area contributed by atoms with Crippen molar-refractivity contribution < 1.29 is 18.3 Å². The van der Waals surface area contributed by atoms with Gasteiger partial charge >= 0.3 is 6.18 Å². The minimum atomic E-state index is -4.07. The average Bonchev–Trinajstić information content (AvgIpc) is 2.33. The Morgan fingerprint density at radius 2 is 1.95 bits per heavy atom. The van der Waals surface area contributed by atoms with Gasteiger partial charge in [0.1, 0.15) is 0 Å². The van der Waals surface area contributed by atoms with Crippen LogP contribution in [0.1, 0.15) is 39.0 Å². The summed E-state index contributed by atoms with van der Waals surface area (Å²) in [5.74, 6) is -0.452. The molecule has 1 heterocycles. The summed E-state index contributed by atoms with van der Waals surface area (Å²) in [6.45, 7) is 3.64. The molecule has 0 spiro atoms. The number of aliphatic hydroxyl groups is 1. The van der Waals surface area contributed by atoms with Crippen molar-refractivity contribution in [1.82, 2.24) is 4.90 Å². The van der Waals surface area contributed by atoms with Gasteiger partial charge in [-0.1, -0.05) is 6.92 Å². The van der Waals surface area contributed by atoms with E-state index in [0.29, 0.717) is 18.9 Å². The van der Waals surface area contributed by atoms with Crippen molar-refractivity contribution in [2.45, 2.75) is 51.3 Å². The average molecular weight is 279 g/mol. The minimum absolute atomic E-state index is 0.112. The number of hydrogen-bond acceptors (Lipinski definition) is 2. The van der Waals surface area contributed by atoms with Crippen molar-refractivity contribution in [1.29, 1.82) is 0 Å². The van der Waals surface area contributed by atoms with Gasteiger partial charge < -0.3 is 10.0 Å². The van der Waals surface area contributed by atoms with Gasteiger partial charge in [0.25, 0.3) is 0 Å². The Bertz CT molecular complexity index is 295. The van der Waals surface area contributed by atoms with E-state index in [-0.39, 0.29) is 25.0 Å². The smallest absolute Gasteiger partial charge is 0.393 e. The molecule has 1 aliphatic heterocycles. The third-order valence-electron chi connectivity index (χ3n) is 4.67. The van der Waals surface area contributed by atoms with Crippen molar-refractivity contribution in [2.24, 2.45) is 17.8 Å². The molecule has 2 fully saturated rings. The molecule has 1 saturated heterocycles. The van der Waals surface area contributed by atoms with Crippen LogP contribution in [0.15, 0.2) is 0 Å². The first kappa shape index (κ1) is 15.1. The Balaban J connectivity index is 1.88. The molecule has 0 amide bonds. The first-order valence-corrected chi connectivity index (χ1v) is 7.33. The normalized spacial score (nSPS) is 38.4. The van der Waals surface area contributed by atoms with E-state index >= 15 is 0 Å². The number of piperidine rings is 1. The van der Waals surface area contributed by atoms with E-state index in [1.807, 2.05) is 4.90 Å². The van der Waals surface area contributed by atoms with Crippen LogP contribution in [0.5, 0.6) is 0 Å². The Labute approximate surface area is 113 Å². The number of aliphatic hydroxyl groups excluding tert-OH is 1. The Kier molecular flexibility index (Phi) is 4.77. The fourth-order valence-corrected chi connectivity index (χ4v) is 3.50. The summed E-state index contributed by atoms with van der Waals surface area (Å²) in [6, 6.07) is 0. The van der Waals surface area contributed by atoms with Crippen LogP contribution in [-0.4, -0.2) is 41.9 Å². The van der Waals surface area contributed by atoms with Crippen LogP contribution >= 0.6 is 0 Å². The van der Waals surface area contributed by atoms with Crippen LogP contribution in [0.25, 0.3) is 0 Å². The Morgan fingerprint density at radius 3 is 2.63 bits per heavy atom. The molecule has 2 aliphatic rings. The number of halogens is 3. The van der Waals surface area contributed by atoms with Crippen molar-refractivity contribution >= 4 is 0 Å². The van der Waals surface area contributed by atoms with Gasteiger partial charge in [-0.15, -0.1) is 0 Å². The van der Waals surface area contributed by atoms with Gasteiger partial charge in [0.2, 0.25) is 0 Å². The molecule has 1 saturated carbocycles. The van der Waals surface area contributed by atoms with E-state index in [0.717, 1.165) is 25.8 Å². The van der Waals surface area contributed by atoms with E-state index in [1.165, 1.54) is 0 Å². The number of alkyl halides is 3. The maximum Gasteiger partial charge on any atom is 0.393 e. The summed E-state index contributed by atoms with van der Waals surface area (Å²) in [4.78, 5) is 1.91. The van der Waals surface area contributed by atoms with Crippen molar-refractivity contribution in [3.8, 4) is 0 Å². The van der Waals surface area contributed by atoms with Crippen LogP contribution in [0.4, 0.5) is 13.2 Å². The third-order valence-corrected chi connectivity index (χ3v) is 4.67. The summed E-state index contributed by atoms with van der Waals surface area (Å²) >= 11 is 0. The third kappa shape index (κ3) is 4.09. The Morgan fingerprint density at radius 1 is 1.21 bits per heavy atom. The lowest BCUT2D eigenvalue weighted by Crippen LogP contribution is -2.46. The molecule has 0 aromatic carbocycles. The first-order valence-electron chi connectivity index (χ1n) is 7.33. The SMILES string of the molecule is CC1CCC(O)C(CN2CCCC(C(F)(F)F)C2)C1. The zero-order valence-corrected chi connectivity index (χ0v) is 11.5. The predicted molar refractivity (Wildman–Crippen MR) is 67.7 cm³/mol.